The molecule has 0 aromatic carbocycles. The van der Waals surface area contributed by atoms with Crippen LogP contribution < -0.4 is 11.1 Å². The van der Waals surface area contributed by atoms with Gasteiger partial charge in [-0.3, -0.25) is 9.78 Å². The quantitative estimate of drug-likeness (QED) is 0.751. The monoisotopic (exact) mass is 273 g/mol. The highest BCUT2D eigenvalue weighted by atomic mass is 79.9. The van der Waals surface area contributed by atoms with Crippen molar-refractivity contribution in [2.75, 3.05) is 25.1 Å². The first-order valence-electron chi connectivity index (χ1n) is 4.39. The van der Waals surface area contributed by atoms with Crippen molar-refractivity contribution in [2.24, 2.45) is 5.73 Å². The average molecular weight is 274 g/mol. The molecule has 0 aliphatic rings. The van der Waals surface area contributed by atoms with Crippen LogP contribution in [0.2, 0.25) is 0 Å². The third-order valence-electron chi connectivity index (χ3n) is 1.52. The van der Waals surface area contributed by atoms with E-state index < -0.39 is 5.91 Å². The number of nitrogens with one attached hydrogen (secondary N) is 1. The number of anilines is 1. The second-order valence-electron chi connectivity index (χ2n) is 2.84. The molecule has 0 saturated carbocycles. The summed E-state index contributed by atoms with van der Waals surface area (Å²) < 4.78 is 5.89. The van der Waals surface area contributed by atoms with E-state index in [1.54, 1.807) is 12.4 Å². The number of amides is 1. The molecule has 1 aromatic heterocycles. The van der Waals surface area contributed by atoms with Crippen LogP contribution in [0, 0.1) is 0 Å². The summed E-state index contributed by atoms with van der Waals surface area (Å²) in [7, 11) is 0. The van der Waals surface area contributed by atoms with Gasteiger partial charge in [-0.1, -0.05) is 0 Å². The summed E-state index contributed by atoms with van der Waals surface area (Å²) in [5, 5.41) is 3.09. The molecule has 5 nitrogen and oxygen atoms in total. The predicted molar refractivity (Wildman–Crippen MR) is 60.4 cm³/mol. The van der Waals surface area contributed by atoms with Gasteiger partial charge in [-0.15, -0.1) is 0 Å². The van der Waals surface area contributed by atoms with Gasteiger partial charge in [-0.2, -0.15) is 0 Å². The van der Waals surface area contributed by atoms with Gasteiger partial charge in [-0.05, 0) is 22.0 Å². The van der Waals surface area contributed by atoms with Crippen LogP contribution in [0.1, 0.15) is 0 Å². The van der Waals surface area contributed by atoms with Crippen molar-refractivity contribution in [3.63, 3.8) is 0 Å². The number of carbonyl (C=O) groups excluding carboxylic acids is 1. The maximum atomic E-state index is 10.3. The normalized spacial score (nSPS) is 9.93. The number of rotatable bonds is 6. The Bertz CT molecular complexity index is 333. The number of ether oxygens (including phenoxy) is 1. The highest BCUT2D eigenvalue weighted by molar-refractivity contribution is 9.10. The fourth-order valence-electron chi connectivity index (χ4n) is 0.949. The average Bonchev–Trinajstić information content (AvgIpc) is 2.17. The predicted octanol–water partition coefficient (Wildman–Crippen LogP) is 0.758. The molecule has 1 aromatic rings. The lowest BCUT2D eigenvalue weighted by atomic mass is 10.4. The van der Waals surface area contributed by atoms with Crippen molar-refractivity contribution in [2.45, 2.75) is 0 Å². The minimum atomic E-state index is -0.459. The van der Waals surface area contributed by atoms with E-state index in [0.29, 0.717) is 13.2 Å². The number of aromatic nitrogens is 1. The molecule has 0 unspecified atom stereocenters. The van der Waals surface area contributed by atoms with Gasteiger partial charge >= 0.3 is 0 Å². The van der Waals surface area contributed by atoms with Crippen LogP contribution in [0.4, 0.5) is 5.69 Å². The number of pyridine rings is 1. The Morgan fingerprint density at radius 2 is 2.40 bits per heavy atom. The van der Waals surface area contributed by atoms with Crippen LogP contribution in [0.15, 0.2) is 22.9 Å². The van der Waals surface area contributed by atoms with Crippen molar-refractivity contribution in [3.05, 3.63) is 22.9 Å². The van der Waals surface area contributed by atoms with Gasteiger partial charge < -0.3 is 15.8 Å². The Hall–Kier alpha value is -1.14. The van der Waals surface area contributed by atoms with Gasteiger partial charge in [-0.25, -0.2) is 0 Å². The van der Waals surface area contributed by atoms with Gasteiger partial charge in [0.2, 0.25) is 5.91 Å². The molecule has 0 saturated heterocycles. The lowest BCUT2D eigenvalue weighted by molar-refractivity contribution is -0.122. The Balaban J connectivity index is 2.17. The Labute approximate surface area is 96.1 Å². The Morgan fingerprint density at radius 1 is 1.60 bits per heavy atom. The van der Waals surface area contributed by atoms with E-state index in [-0.39, 0.29) is 6.61 Å². The first-order valence-corrected chi connectivity index (χ1v) is 5.18. The minimum absolute atomic E-state index is 0.0432. The molecule has 1 heterocycles. The van der Waals surface area contributed by atoms with Gasteiger partial charge in [0, 0.05) is 17.2 Å². The fraction of sp³-hybridized carbons (Fsp3) is 0.333. The van der Waals surface area contributed by atoms with E-state index in [2.05, 4.69) is 26.2 Å². The summed E-state index contributed by atoms with van der Waals surface area (Å²) in [6, 6.07) is 1.90. The van der Waals surface area contributed by atoms with Crippen LogP contribution in [0.25, 0.3) is 0 Å². The highest BCUT2D eigenvalue weighted by Crippen LogP contribution is 2.12. The molecule has 0 fully saturated rings. The smallest absolute Gasteiger partial charge is 0.243 e. The van der Waals surface area contributed by atoms with E-state index >= 15 is 0 Å². The lowest BCUT2D eigenvalue weighted by Crippen LogP contribution is -2.20. The molecule has 82 valence electrons. The summed E-state index contributed by atoms with van der Waals surface area (Å²) in [6.45, 7) is 0.985. The van der Waals surface area contributed by atoms with E-state index in [4.69, 9.17) is 10.5 Å². The fourth-order valence-corrected chi connectivity index (χ4v) is 1.31. The van der Waals surface area contributed by atoms with Crippen molar-refractivity contribution in [1.29, 1.82) is 0 Å². The first kappa shape index (κ1) is 11.9. The molecule has 0 radical (unpaired) electrons. The SMILES string of the molecule is NC(=O)COCCNc1cncc(Br)c1. The van der Waals surface area contributed by atoms with Gasteiger partial charge in [0.1, 0.15) is 6.61 Å². The number of hydrogen-bond donors (Lipinski definition) is 2. The topological polar surface area (TPSA) is 77.2 Å². The number of nitrogens with two attached hydrogens (primary N) is 1. The minimum Gasteiger partial charge on any atom is -0.381 e. The zero-order valence-corrected chi connectivity index (χ0v) is 9.66. The zero-order valence-electron chi connectivity index (χ0n) is 8.07. The van der Waals surface area contributed by atoms with Crippen LogP contribution in [-0.4, -0.2) is 30.6 Å². The molecule has 6 heteroatoms. The van der Waals surface area contributed by atoms with Gasteiger partial charge in [0.05, 0.1) is 18.5 Å². The molecule has 1 rings (SSSR count). The number of primary amides is 1. The molecule has 0 atom stereocenters. The van der Waals surface area contributed by atoms with Crippen molar-refractivity contribution >= 4 is 27.5 Å². The van der Waals surface area contributed by atoms with Crippen LogP contribution in [-0.2, 0) is 9.53 Å². The first-order chi connectivity index (χ1) is 7.18. The summed E-state index contributed by atoms with van der Waals surface area (Å²) in [5.74, 6) is -0.459. The molecule has 0 bridgehead atoms. The molecule has 0 spiro atoms. The van der Waals surface area contributed by atoms with Crippen molar-refractivity contribution < 1.29 is 9.53 Å². The summed E-state index contributed by atoms with van der Waals surface area (Å²) in [6.07, 6.45) is 3.41. The molecule has 3 N–H and O–H groups in total. The largest absolute Gasteiger partial charge is 0.381 e. The third-order valence-corrected chi connectivity index (χ3v) is 1.96. The van der Waals surface area contributed by atoms with Crippen LogP contribution in [0.5, 0.6) is 0 Å². The second kappa shape index (κ2) is 6.36. The molecule has 0 aliphatic carbocycles. The third kappa shape index (κ3) is 5.34. The molecule has 0 aliphatic heterocycles. The molecular weight excluding hydrogens is 262 g/mol. The highest BCUT2D eigenvalue weighted by Gasteiger charge is 1.95. The molecule has 1 amide bonds. The van der Waals surface area contributed by atoms with Crippen LogP contribution >= 0.6 is 15.9 Å². The van der Waals surface area contributed by atoms with E-state index in [1.165, 1.54) is 0 Å². The lowest BCUT2D eigenvalue weighted by Gasteiger charge is -2.05. The van der Waals surface area contributed by atoms with Crippen LogP contribution in [0.3, 0.4) is 0 Å². The number of hydrogen-bond acceptors (Lipinski definition) is 4. The molecular formula is C9H12BrN3O2. The summed E-state index contributed by atoms with van der Waals surface area (Å²) >= 11 is 3.31. The maximum Gasteiger partial charge on any atom is 0.243 e. The summed E-state index contributed by atoms with van der Waals surface area (Å²) in [4.78, 5) is 14.3. The van der Waals surface area contributed by atoms with E-state index in [0.717, 1.165) is 10.2 Å². The number of nitrogens with zero attached hydrogens (tertiary/aromatic N) is 1. The van der Waals surface area contributed by atoms with Gasteiger partial charge in [0.25, 0.3) is 0 Å². The van der Waals surface area contributed by atoms with E-state index in [9.17, 15) is 4.79 Å². The number of carbonyl (C=O) groups is 1. The summed E-state index contributed by atoms with van der Waals surface area (Å²) in [5.41, 5.74) is 5.80. The molecule has 15 heavy (non-hydrogen) atoms. The number of halogens is 1. The maximum absolute atomic E-state index is 10.3. The van der Waals surface area contributed by atoms with Crippen molar-refractivity contribution in [3.8, 4) is 0 Å². The standard InChI is InChI=1S/C9H12BrN3O2/c10-7-3-8(5-12-4-7)13-1-2-15-6-9(11)14/h3-5,13H,1-2,6H2,(H2,11,14). The Kier molecular flexibility index (Phi) is 5.06. The van der Waals surface area contributed by atoms with Gasteiger partial charge in [0.15, 0.2) is 0 Å². The second-order valence-corrected chi connectivity index (χ2v) is 3.75. The van der Waals surface area contributed by atoms with Crippen molar-refractivity contribution in [1.82, 2.24) is 4.98 Å². The Morgan fingerprint density at radius 3 is 3.07 bits per heavy atom. The van der Waals surface area contributed by atoms with E-state index in [1.807, 2.05) is 6.07 Å². The zero-order chi connectivity index (χ0) is 11.1.